The minimum Gasteiger partial charge on any atom is -0.325 e. The second-order valence-corrected chi connectivity index (χ2v) is 9.78. The van der Waals surface area contributed by atoms with E-state index in [0.29, 0.717) is 21.8 Å². The van der Waals surface area contributed by atoms with Gasteiger partial charge >= 0.3 is 0 Å². The molecule has 0 saturated heterocycles. The molecular weight excluding hydrogens is 448 g/mol. The number of nitrogens with zero attached hydrogens (tertiary/aromatic N) is 1. The standard InChI is InChI=1S/C24H23ClN2O4S/c1-17-9-11-23(12-10-17)32(30,31)27(15-19-5-3-7-21(25)13-19)16-24(29)26-22-8-4-6-20(14-22)18(2)28/h3-14H,15-16H2,1-2H3,(H,26,29). The lowest BCUT2D eigenvalue weighted by Crippen LogP contribution is -2.37. The van der Waals surface area contributed by atoms with Gasteiger partial charge in [0.25, 0.3) is 0 Å². The Kier molecular flexibility index (Phi) is 7.45. The van der Waals surface area contributed by atoms with Crippen LogP contribution in [-0.2, 0) is 21.4 Å². The number of hydrogen-bond donors (Lipinski definition) is 1. The molecule has 0 aromatic heterocycles. The van der Waals surface area contributed by atoms with Gasteiger partial charge in [-0.15, -0.1) is 0 Å². The lowest BCUT2D eigenvalue weighted by molar-refractivity contribution is -0.116. The molecule has 3 aromatic carbocycles. The Morgan fingerprint density at radius 2 is 1.66 bits per heavy atom. The fourth-order valence-corrected chi connectivity index (χ4v) is 4.70. The molecule has 3 rings (SSSR count). The van der Waals surface area contributed by atoms with E-state index in [1.807, 2.05) is 6.92 Å². The zero-order valence-corrected chi connectivity index (χ0v) is 19.3. The van der Waals surface area contributed by atoms with E-state index in [4.69, 9.17) is 11.6 Å². The Labute approximate surface area is 192 Å². The molecule has 1 amide bonds. The third kappa shape index (κ3) is 6.03. The Bertz CT molecular complexity index is 1240. The van der Waals surface area contributed by atoms with Gasteiger partial charge in [-0.1, -0.05) is 53.6 Å². The van der Waals surface area contributed by atoms with Crippen molar-refractivity contribution in [2.45, 2.75) is 25.3 Å². The van der Waals surface area contributed by atoms with Gasteiger partial charge in [0.15, 0.2) is 5.78 Å². The number of halogens is 1. The van der Waals surface area contributed by atoms with Gasteiger partial charge in [-0.25, -0.2) is 8.42 Å². The third-order valence-electron chi connectivity index (χ3n) is 4.78. The number of benzene rings is 3. The number of anilines is 1. The van der Waals surface area contributed by atoms with E-state index < -0.39 is 22.5 Å². The van der Waals surface area contributed by atoms with Crippen molar-refractivity contribution in [2.75, 3.05) is 11.9 Å². The lowest BCUT2D eigenvalue weighted by atomic mass is 10.1. The average Bonchev–Trinajstić information content (AvgIpc) is 2.74. The summed E-state index contributed by atoms with van der Waals surface area (Å²) in [5.41, 5.74) is 2.44. The minimum absolute atomic E-state index is 0.0301. The molecule has 0 aliphatic carbocycles. The summed E-state index contributed by atoms with van der Waals surface area (Å²) in [5, 5.41) is 3.15. The fraction of sp³-hybridized carbons (Fsp3) is 0.167. The summed E-state index contributed by atoms with van der Waals surface area (Å²) in [4.78, 5) is 24.5. The first kappa shape index (κ1) is 23.7. The number of ketones is 1. The van der Waals surface area contributed by atoms with Crippen molar-refractivity contribution in [3.05, 3.63) is 94.5 Å². The number of amides is 1. The van der Waals surface area contributed by atoms with Crippen LogP contribution >= 0.6 is 11.6 Å². The zero-order valence-electron chi connectivity index (χ0n) is 17.7. The summed E-state index contributed by atoms with van der Waals surface area (Å²) in [7, 11) is -3.96. The molecule has 0 aliphatic rings. The maximum atomic E-state index is 13.3. The van der Waals surface area contributed by atoms with Gasteiger partial charge in [0, 0.05) is 22.8 Å². The molecule has 0 radical (unpaired) electrons. The number of carbonyl (C=O) groups excluding carboxylic acids is 2. The molecule has 6 nitrogen and oxygen atoms in total. The Morgan fingerprint density at radius 3 is 2.31 bits per heavy atom. The van der Waals surface area contributed by atoms with E-state index >= 15 is 0 Å². The maximum Gasteiger partial charge on any atom is 0.243 e. The molecule has 32 heavy (non-hydrogen) atoms. The predicted octanol–water partition coefficient (Wildman–Crippen LogP) is 4.68. The molecule has 0 bridgehead atoms. The first-order chi connectivity index (χ1) is 15.1. The number of Topliss-reactive ketones (excluding diaryl/α,β-unsaturated/α-hetero) is 1. The van der Waals surface area contributed by atoms with Crippen LogP contribution in [0.3, 0.4) is 0 Å². The topological polar surface area (TPSA) is 83.6 Å². The maximum absolute atomic E-state index is 13.3. The van der Waals surface area contributed by atoms with Crippen LogP contribution in [0.15, 0.2) is 77.7 Å². The van der Waals surface area contributed by atoms with Gasteiger partial charge in [0.05, 0.1) is 11.4 Å². The van der Waals surface area contributed by atoms with E-state index in [2.05, 4.69) is 5.32 Å². The van der Waals surface area contributed by atoms with Crippen molar-refractivity contribution in [1.29, 1.82) is 0 Å². The van der Waals surface area contributed by atoms with Crippen molar-refractivity contribution < 1.29 is 18.0 Å². The Morgan fingerprint density at radius 1 is 0.969 bits per heavy atom. The van der Waals surface area contributed by atoms with Crippen molar-refractivity contribution in [1.82, 2.24) is 4.31 Å². The van der Waals surface area contributed by atoms with E-state index in [1.165, 1.54) is 19.1 Å². The van der Waals surface area contributed by atoms with E-state index in [0.717, 1.165) is 9.87 Å². The highest BCUT2D eigenvalue weighted by atomic mass is 35.5. The number of sulfonamides is 1. The number of nitrogens with one attached hydrogen (secondary N) is 1. The molecule has 166 valence electrons. The summed E-state index contributed by atoms with van der Waals surface area (Å²) in [6.45, 7) is 2.86. The minimum atomic E-state index is -3.96. The predicted molar refractivity (Wildman–Crippen MR) is 125 cm³/mol. The van der Waals surface area contributed by atoms with E-state index in [-0.39, 0.29) is 17.2 Å². The number of hydrogen-bond acceptors (Lipinski definition) is 4. The molecule has 1 N–H and O–H groups in total. The molecule has 0 saturated carbocycles. The second-order valence-electron chi connectivity index (χ2n) is 7.40. The van der Waals surface area contributed by atoms with Crippen LogP contribution in [0.25, 0.3) is 0 Å². The molecule has 8 heteroatoms. The van der Waals surface area contributed by atoms with Gasteiger partial charge in [-0.2, -0.15) is 4.31 Å². The molecule has 0 atom stereocenters. The summed E-state index contributed by atoms with van der Waals surface area (Å²) < 4.78 is 27.8. The second kappa shape index (κ2) is 10.1. The summed E-state index contributed by atoms with van der Waals surface area (Å²) in [6.07, 6.45) is 0. The Balaban J connectivity index is 1.88. The molecule has 0 aliphatic heterocycles. The lowest BCUT2D eigenvalue weighted by Gasteiger charge is -2.22. The van der Waals surface area contributed by atoms with Crippen molar-refractivity contribution in [3.63, 3.8) is 0 Å². The summed E-state index contributed by atoms with van der Waals surface area (Å²) >= 11 is 6.06. The fourth-order valence-electron chi connectivity index (χ4n) is 3.10. The van der Waals surface area contributed by atoms with Crippen LogP contribution in [-0.4, -0.2) is 31.0 Å². The highest BCUT2D eigenvalue weighted by molar-refractivity contribution is 7.89. The van der Waals surface area contributed by atoms with Gasteiger partial charge in [0.1, 0.15) is 0 Å². The van der Waals surface area contributed by atoms with Gasteiger partial charge in [-0.3, -0.25) is 9.59 Å². The number of aryl methyl sites for hydroxylation is 1. The van der Waals surface area contributed by atoms with E-state index in [1.54, 1.807) is 60.7 Å². The molecule has 3 aromatic rings. The van der Waals surface area contributed by atoms with Crippen LogP contribution in [0.4, 0.5) is 5.69 Å². The molecular formula is C24H23ClN2O4S. The average molecular weight is 471 g/mol. The highest BCUT2D eigenvalue weighted by Crippen LogP contribution is 2.21. The molecule has 0 spiro atoms. The smallest absolute Gasteiger partial charge is 0.243 e. The van der Waals surface area contributed by atoms with Crippen molar-refractivity contribution in [3.8, 4) is 0 Å². The van der Waals surface area contributed by atoms with Crippen LogP contribution in [0.1, 0.15) is 28.4 Å². The monoisotopic (exact) mass is 470 g/mol. The SMILES string of the molecule is CC(=O)c1cccc(NC(=O)CN(Cc2cccc(Cl)c2)S(=O)(=O)c2ccc(C)cc2)c1. The first-order valence-electron chi connectivity index (χ1n) is 9.87. The summed E-state index contributed by atoms with van der Waals surface area (Å²) in [5.74, 6) is -0.658. The van der Waals surface area contributed by atoms with Gasteiger partial charge in [0.2, 0.25) is 15.9 Å². The normalized spacial score (nSPS) is 11.4. The van der Waals surface area contributed by atoms with Gasteiger partial charge in [-0.05, 0) is 55.8 Å². The van der Waals surface area contributed by atoms with Gasteiger partial charge < -0.3 is 5.32 Å². The zero-order chi connectivity index (χ0) is 23.3. The van der Waals surface area contributed by atoms with Crippen LogP contribution in [0.5, 0.6) is 0 Å². The van der Waals surface area contributed by atoms with Crippen molar-refractivity contribution >= 4 is 39.0 Å². The number of carbonyl (C=O) groups is 2. The first-order valence-corrected chi connectivity index (χ1v) is 11.7. The summed E-state index contributed by atoms with van der Waals surface area (Å²) in [6, 6.07) is 19.8. The quantitative estimate of drug-likeness (QED) is 0.484. The highest BCUT2D eigenvalue weighted by Gasteiger charge is 2.27. The van der Waals surface area contributed by atoms with Crippen molar-refractivity contribution in [2.24, 2.45) is 0 Å². The van der Waals surface area contributed by atoms with Crippen LogP contribution in [0, 0.1) is 6.92 Å². The van der Waals surface area contributed by atoms with E-state index in [9.17, 15) is 18.0 Å². The van der Waals surface area contributed by atoms with Crippen LogP contribution in [0.2, 0.25) is 5.02 Å². The molecule has 0 fully saturated rings. The molecule has 0 unspecified atom stereocenters. The Hall–Kier alpha value is -3.00. The largest absolute Gasteiger partial charge is 0.325 e. The third-order valence-corrected chi connectivity index (χ3v) is 6.82. The number of rotatable bonds is 8. The van der Waals surface area contributed by atoms with Crippen LogP contribution < -0.4 is 5.32 Å². The molecule has 0 heterocycles.